The van der Waals surface area contributed by atoms with Crippen molar-refractivity contribution in [3.63, 3.8) is 0 Å². The lowest BCUT2D eigenvalue weighted by Gasteiger charge is -2.25. The molecule has 15 heavy (non-hydrogen) atoms. The summed E-state index contributed by atoms with van der Waals surface area (Å²) in [5, 5.41) is 3.89. The number of ether oxygens (including phenoxy) is 1. The highest BCUT2D eigenvalue weighted by Gasteiger charge is 2.18. The van der Waals surface area contributed by atoms with Gasteiger partial charge in [-0.1, -0.05) is 0 Å². The standard InChI is InChI=1S/C12H24ClNO/c1-10(2)15-8-7-14-9-11-3-5-12(13)6-4-11/h10-12,14H,3-9H2,1-2H3. The first-order chi connectivity index (χ1) is 7.18. The zero-order chi connectivity index (χ0) is 11.1. The molecule has 0 aromatic rings. The Morgan fingerprint density at radius 1 is 1.27 bits per heavy atom. The summed E-state index contributed by atoms with van der Waals surface area (Å²) in [6.07, 6.45) is 5.30. The average Bonchev–Trinajstić information content (AvgIpc) is 2.20. The zero-order valence-corrected chi connectivity index (χ0v) is 10.7. The molecule has 0 spiro atoms. The second-order valence-corrected chi connectivity index (χ2v) is 5.36. The predicted octanol–water partition coefficient (Wildman–Crippen LogP) is 2.80. The van der Waals surface area contributed by atoms with Gasteiger partial charge in [-0.15, -0.1) is 11.6 Å². The first kappa shape index (κ1) is 13.3. The minimum atomic E-state index is 0.346. The minimum Gasteiger partial charge on any atom is -0.377 e. The van der Waals surface area contributed by atoms with Crippen LogP contribution in [0.3, 0.4) is 0 Å². The third kappa shape index (κ3) is 6.39. The fraction of sp³-hybridized carbons (Fsp3) is 1.00. The summed E-state index contributed by atoms with van der Waals surface area (Å²) in [7, 11) is 0. The second-order valence-electron chi connectivity index (χ2n) is 4.74. The van der Waals surface area contributed by atoms with Crippen LogP contribution in [0.5, 0.6) is 0 Å². The number of rotatable bonds is 6. The Morgan fingerprint density at radius 2 is 1.93 bits per heavy atom. The molecule has 0 amide bonds. The summed E-state index contributed by atoms with van der Waals surface area (Å²) in [4.78, 5) is 0. The van der Waals surface area contributed by atoms with Crippen LogP contribution < -0.4 is 5.32 Å². The topological polar surface area (TPSA) is 21.3 Å². The smallest absolute Gasteiger partial charge is 0.0594 e. The molecule has 0 aromatic heterocycles. The van der Waals surface area contributed by atoms with Crippen LogP contribution in [-0.2, 0) is 4.74 Å². The lowest BCUT2D eigenvalue weighted by molar-refractivity contribution is 0.0801. The van der Waals surface area contributed by atoms with Crippen molar-refractivity contribution in [2.24, 2.45) is 5.92 Å². The number of hydrogen-bond donors (Lipinski definition) is 1. The molecule has 0 heterocycles. The van der Waals surface area contributed by atoms with Gasteiger partial charge in [0.2, 0.25) is 0 Å². The number of halogens is 1. The van der Waals surface area contributed by atoms with Gasteiger partial charge in [0, 0.05) is 11.9 Å². The molecule has 2 nitrogen and oxygen atoms in total. The van der Waals surface area contributed by atoms with Crippen molar-refractivity contribution < 1.29 is 4.74 Å². The van der Waals surface area contributed by atoms with Crippen molar-refractivity contribution in [2.45, 2.75) is 51.0 Å². The monoisotopic (exact) mass is 233 g/mol. The molecule has 0 aromatic carbocycles. The molecule has 3 heteroatoms. The Labute approximate surface area is 98.7 Å². The van der Waals surface area contributed by atoms with Gasteiger partial charge >= 0.3 is 0 Å². The van der Waals surface area contributed by atoms with Crippen molar-refractivity contribution >= 4 is 11.6 Å². The Balaban J connectivity index is 1.91. The van der Waals surface area contributed by atoms with Crippen LogP contribution in [0.1, 0.15) is 39.5 Å². The van der Waals surface area contributed by atoms with Crippen molar-refractivity contribution in [3.05, 3.63) is 0 Å². The molecule has 1 rings (SSSR count). The highest BCUT2D eigenvalue weighted by molar-refractivity contribution is 6.20. The van der Waals surface area contributed by atoms with Gasteiger partial charge in [0.25, 0.3) is 0 Å². The van der Waals surface area contributed by atoms with E-state index in [-0.39, 0.29) is 0 Å². The lowest BCUT2D eigenvalue weighted by Crippen LogP contribution is -2.29. The highest BCUT2D eigenvalue weighted by atomic mass is 35.5. The maximum Gasteiger partial charge on any atom is 0.0594 e. The maximum absolute atomic E-state index is 6.06. The Kier molecular flexibility index (Phi) is 6.62. The maximum atomic E-state index is 6.06. The van der Waals surface area contributed by atoms with E-state index in [1.54, 1.807) is 0 Å². The quantitative estimate of drug-likeness (QED) is 0.563. The number of nitrogens with one attached hydrogen (secondary N) is 1. The predicted molar refractivity (Wildman–Crippen MR) is 65.6 cm³/mol. The van der Waals surface area contributed by atoms with Crippen LogP contribution >= 0.6 is 11.6 Å². The molecule has 1 N–H and O–H groups in total. The largest absolute Gasteiger partial charge is 0.377 e. The van der Waals surface area contributed by atoms with E-state index in [0.717, 1.165) is 25.6 Å². The molecular weight excluding hydrogens is 210 g/mol. The fourth-order valence-electron chi connectivity index (χ4n) is 2.00. The molecule has 1 aliphatic carbocycles. The van der Waals surface area contributed by atoms with Crippen molar-refractivity contribution in [3.8, 4) is 0 Å². The Hall–Kier alpha value is 0.210. The molecule has 0 radical (unpaired) electrons. The third-order valence-corrected chi connectivity index (χ3v) is 3.38. The number of alkyl halides is 1. The van der Waals surface area contributed by atoms with Gasteiger partial charge in [0.1, 0.15) is 0 Å². The van der Waals surface area contributed by atoms with E-state index in [4.69, 9.17) is 16.3 Å². The van der Waals surface area contributed by atoms with Crippen LogP contribution in [-0.4, -0.2) is 31.2 Å². The van der Waals surface area contributed by atoms with Crippen LogP contribution in [0, 0.1) is 5.92 Å². The molecule has 1 saturated carbocycles. The molecule has 0 unspecified atom stereocenters. The summed E-state index contributed by atoms with van der Waals surface area (Å²) < 4.78 is 5.46. The zero-order valence-electron chi connectivity index (χ0n) is 9.97. The first-order valence-electron chi connectivity index (χ1n) is 6.15. The molecule has 0 atom stereocenters. The normalized spacial score (nSPS) is 27.2. The van der Waals surface area contributed by atoms with Gasteiger partial charge < -0.3 is 10.1 Å². The van der Waals surface area contributed by atoms with E-state index in [1.165, 1.54) is 25.7 Å². The van der Waals surface area contributed by atoms with Gasteiger partial charge in [0.15, 0.2) is 0 Å². The molecule has 0 bridgehead atoms. The second kappa shape index (κ2) is 7.48. The SMILES string of the molecule is CC(C)OCCNCC1CCC(Cl)CC1. The fourth-order valence-corrected chi connectivity index (χ4v) is 2.25. The third-order valence-electron chi connectivity index (χ3n) is 2.94. The van der Waals surface area contributed by atoms with Gasteiger partial charge in [0.05, 0.1) is 12.7 Å². The van der Waals surface area contributed by atoms with E-state index in [0.29, 0.717) is 11.5 Å². The summed E-state index contributed by atoms with van der Waals surface area (Å²) in [6, 6.07) is 0. The number of hydrogen-bond acceptors (Lipinski definition) is 2. The molecular formula is C12H24ClNO. The molecule has 0 saturated heterocycles. The van der Waals surface area contributed by atoms with E-state index in [9.17, 15) is 0 Å². The summed E-state index contributed by atoms with van der Waals surface area (Å²) >= 11 is 6.06. The van der Waals surface area contributed by atoms with E-state index >= 15 is 0 Å². The molecule has 90 valence electrons. The van der Waals surface area contributed by atoms with Gasteiger partial charge in [-0.2, -0.15) is 0 Å². The van der Waals surface area contributed by atoms with Crippen molar-refractivity contribution in [2.75, 3.05) is 19.7 Å². The Bertz CT molecular complexity index is 156. The van der Waals surface area contributed by atoms with Crippen LogP contribution in [0.2, 0.25) is 0 Å². The van der Waals surface area contributed by atoms with Crippen LogP contribution in [0.4, 0.5) is 0 Å². The van der Waals surface area contributed by atoms with E-state index < -0.39 is 0 Å². The molecule has 0 aliphatic heterocycles. The van der Waals surface area contributed by atoms with Crippen molar-refractivity contribution in [1.82, 2.24) is 5.32 Å². The summed E-state index contributed by atoms with van der Waals surface area (Å²) in [6.45, 7) is 7.07. The van der Waals surface area contributed by atoms with Gasteiger partial charge in [-0.25, -0.2) is 0 Å². The summed E-state index contributed by atoms with van der Waals surface area (Å²) in [5.74, 6) is 0.832. The molecule has 1 aliphatic rings. The average molecular weight is 234 g/mol. The first-order valence-corrected chi connectivity index (χ1v) is 6.58. The van der Waals surface area contributed by atoms with E-state index in [1.807, 2.05) is 0 Å². The highest BCUT2D eigenvalue weighted by Crippen LogP contribution is 2.26. The Morgan fingerprint density at radius 3 is 2.53 bits per heavy atom. The summed E-state index contributed by atoms with van der Waals surface area (Å²) in [5.41, 5.74) is 0. The van der Waals surface area contributed by atoms with Crippen LogP contribution in [0.25, 0.3) is 0 Å². The van der Waals surface area contributed by atoms with Crippen LogP contribution in [0.15, 0.2) is 0 Å². The minimum absolute atomic E-state index is 0.346. The molecule has 1 fully saturated rings. The lowest BCUT2D eigenvalue weighted by atomic mass is 9.89. The van der Waals surface area contributed by atoms with Crippen molar-refractivity contribution in [1.29, 1.82) is 0 Å². The van der Waals surface area contributed by atoms with Gasteiger partial charge in [-0.3, -0.25) is 0 Å². The van der Waals surface area contributed by atoms with E-state index in [2.05, 4.69) is 19.2 Å². The van der Waals surface area contributed by atoms with Gasteiger partial charge in [-0.05, 0) is 52.0 Å².